The van der Waals surface area contributed by atoms with Crippen molar-refractivity contribution >= 4 is 5.91 Å². The highest BCUT2D eigenvalue weighted by Gasteiger charge is 2.14. The van der Waals surface area contributed by atoms with E-state index in [1.54, 1.807) is 19.3 Å². The van der Waals surface area contributed by atoms with E-state index in [2.05, 4.69) is 0 Å². The molecule has 0 radical (unpaired) electrons. The molecule has 0 bridgehead atoms. The highest BCUT2D eigenvalue weighted by atomic mass is 16.5. The Morgan fingerprint density at radius 1 is 1.33 bits per heavy atom. The van der Waals surface area contributed by atoms with Crippen LogP contribution in [0.15, 0.2) is 47.8 Å². The first-order valence-electron chi connectivity index (χ1n) is 7.48. The molecule has 1 fully saturated rings. The van der Waals surface area contributed by atoms with Gasteiger partial charge in [-0.3, -0.25) is 4.79 Å². The van der Waals surface area contributed by atoms with Crippen LogP contribution in [0.3, 0.4) is 0 Å². The molecule has 1 amide bonds. The van der Waals surface area contributed by atoms with Gasteiger partial charge in [-0.1, -0.05) is 24.3 Å². The van der Waals surface area contributed by atoms with Crippen LogP contribution < -0.4 is 0 Å². The predicted octanol–water partition coefficient (Wildman–Crippen LogP) is 2.33. The monoisotopic (exact) mass is 289 g/mol. The van der Waals surface area contributed by atoms with Crippen LogP contribution >= 0.6 is 0 Å². The van der Waals surface area contributed by atoms with Gasteiger partial charge in [-0.25, -0.2) is 0 Å². The number of aliphatic hydroxyl groups excluding tert-OH is 1. The normalized spacial score (nSPS) is 23.3. The molecule has 0 aromatic heterocycles. The molecule has 114 valence electrons. The van der Waals surface area contributed by atoms with Gasteiger partial charge in [0.2, 0.25) is 5.91 Å². The molecular weight excluding hydrogens is 266 g/mol. The third kappa shape index (κ3) is 4.60. The van der Waals surface area contributed by atoms with Crippen molar-refractivity contribution in [3.05, 3.63) is 47.8 Å². The summed E-state index contributed by atoms with van der Waals surface area (Å²) in [5.41, 5.74) is 0.979. The van der Waals surface area contributed by atoms with Gasteiger partial charge < -0.3 is 14.7 Å². The van der Waals surface area contributed by atoms with E-state index in [-0.39, 0.29) is 5.91 Å². The Labute approximate surface area is 126 Å². The first-order chi connectivity index (χ1) is 10.2. The maximum Gasteiger partial charge on any atom is 0.246 e. The van der Waals surface area contributed by atoms with Gasteiger partial charge in [-0.2, -0.15) is 0 Å². The number of piperidine rings is 1. The molecule has 1 aliphatic carbocycles. The third-order valence-electron chi connectivity index (χ3n) is 3.76. The smallest absolute Gasteiger partial charge is 0.246 e. The number of hydrogen-bond donors (Lipinski definition) is 1. The SMILES string of the molecule is COC1=CC(/C=C\C=C\C(=O)N2CCCCC2)=CCC1O. The Balaban J connectivity index is 1.86. The van der Waals surface area contributed by atoms with E-state index in [4.69, 9.17) is 4.74 Å². The van der Waals surface area contributed by atoms with E-state index < -0.39 is 6.10 Å². The number of rotatable bonds is 4. The lowest BCUT2D eigenvalue weighted by molar-refractivity contribution is -0.126. The van der Waals surface area contributed by atoms with Crippen LogP contribution in [0, 0.1) is 0 Å². The lowest BCUT2D eigenvalue weighted by Crippen LogP contribution is -2.34. The van der Waals surface area contributed by atoms with E-state index in [1.165, 1.54) is 6.42 Å². The van der Waals surface area contributed by atoms with Crippen molar-refractivity contribution in [2.45, 2.75) is 31.8 Å². The molecule has 0 saturated carbocycles. The minimum Gasteiger partial charge on any atom is -0.498 e. The van der Waals surface area contributed by atoms with Crippen molar-refractivity contribution in [3.63, 3.8) is 0 Å². The fourth-order valence-corrected chi connectivity index (χ4v) is 2.52. The highest BCUT2D eigenvalue weighted by Crippen LogP contribution is 2.19. The third-order valence-corrected chi connectivity index (χ3v) is 3.76. The van der Waals surface area contributed by atoms with E-state index in [0.717, 1.165) is 31.5 Å². The molecule has 1 saturated heterocycles. The number of allylic oxidation sites excluding steroid dienone is 5. The Morgan fingerprint density at radius 3 is 2.81 bits per heavy atom. The number of hydrogen-bond acceptors (Lipinski definition) is 3. The number of methoxy groups -OCH3 is 1. The number of carbonyl (C=O) groups is 1. The first kappa shape index (κ1) is 15.6. The molecule has 1 unspecified atom stereocenters. The van der Waals surface area contributed by atoms with Crippen LogP contribution in [0.5, 0.6) is 0 Å². The van der Waals surface area contributed by atoms with Crippen molar-refractivity contribution < 1.29 is 14.6 Å². The van der Waals surface area contributed by atoms with E-state index in [1.807, 2.05) is 29.2 Å². The molecule has 1 N–H and O–H groups in total. The van der Waals surface area contributed by atoms with Crippen LogP contribution in [0.2, 0.25) is 0 Å². The molecule has 0 aromatic rings. The fourth-order valence-electron chi connectivity index (χ4n) is 2.52. The predicted molar refractivity (Wildman–Crippen MR) is 82.5 cm³/mol. The Morgan fingerprint density at radius 2 is 2.10 bits per heavy atom. The zero-order chi connectivity index (χ0) is 15.1. The number of ether oxygens (including phenoxy) is 1. The fraction of sp³-hybridized carbons (Fsp3) is 0.471. The van der Waals surface area contributed by atoms with Gasteiger partial charge in [0.25, 0.3) is 0 Å². The largest absolute Gasteiger partial charge is 0.498 e. The van der Waals surface area contributed by atoms with Gasteiger partial charge in [-0.05, 0) is 37.3 Å². The second-order valence-corrected chi connectivity index (χ2v) is 5.31. The van der Waals surface area contributed by atoms with Crippen LogP contribution in [-0.2, 0) is 9.53 Å². The Hall–Kier alpha value is -1.81. The zero-order valence-electron chi connectivity index (χ0n) is 12.5. The Kier molecular flexibility index (Phi) is 5.81. The summed E-state index contributed by atoms with van der Waals surface area (Å²) in [5.74, 6) is 0.658. The minimum atomic E-state index is -0.552. The summed E-state index contributed by atoms with van der Waals surface area (Å²) < 4.78 is 5.12. The molecular formula is C17H23NO3. The van der Waals surface area contributed by atoms with Crippen molar-refractivity contribution in [1.82, 2.24) is 4.90 Å². The molecule has 21 heavy (non-hydrogen) atoms. The summed E-state index contributed by atoms with van der Waals surface area (Å²) in [4.78, 5) is 13.8. The van der Waals surface area contributed by atoms with Crippen LogP contribution in [0.1, 0.15) is 25.7 Å². The van der Waals surface area contributed by atoms with Gasteiger partial charge in [-0.15, -0.1) is 0 Å². The van der Waals surface area contributed by atoms with E-state index in [9.17, 15) is 9.90 Å². The Bertz CT molecular complexity index is 482. The molecule has 0 spiro atoms. The molecule has 4 nitrogen and oxygen atoms in total. The van der Waals surface area contributed by atoms with Gasteiger partial charge in [0.05, 0.1) is 7.11 Å². The van der Waals surface area contributed by atoms with Gasteiger partial charge in [0.1, 0.15) is 11.9 Å². The maximum absolute atomic E-state index is 11.9. The summed E-state index contributed by atoms with van der Waals surface area (Å²) >= 11 is 0. The average Bonchev–Trinajstić information content (AvgIpc) is 2.53. The van der Waals surface area contributed by atoms with Gasteiger partial charge in [0.15, 0.2) is 0 Å². The molecule has 1 heterocycles. The minimum absolute atomic E-state index is 0.0838. The van der Waals surface area contributed by atoms with Crippen LogP contribution in [0.4, 0.5) is 0 Å². The van der Waals surface area contributed by atoms with Crippen LogP contribution in [0.25, 0.3) is 0 Å². The van der Waals surface area contributed by atoms with Crippen LogP contribution in [-0.4, -0.2) is 42.2 Å². The summed E-state index contributed by atoms with van der Waals surface area (Å²) in [5, 5.41) is 9.65. The first-order valence-corrected chi connectivity index (χ1v) is 7.48. The molecule has 1 aliphatic heterocycles. The number of aliphatic hydroxyl groups is 1. The average molecular weight is 289 g/mol. The quantitative estimate of drug-likeness (QED) is 0.638. The van der Waals surface area contributed by atoms with Gasteiger partial charge in [0, 0.05) is 19.2 Å². The zero-order valence-corrected chi connectivity index (χ0v) is 12.5. The van der Waals surface area contributed by atoms with Crippen molar-refractivity contribution in [2.24, 2.45) is 0 Å². The van der Waals surface area contributed by atoms with E-state index in [0.29, 0.717) is 12.2 Å². The number of amides is 1. The number of nitrogens with zero attached hydrogens (tertiary/aromatic N) is 1. The summed E-state index contributed by atoms with van der Waals surface area (Å²) in [6.45, 7) is 1.74. The number of carbonyl (C=O) groups excluding carboxylic acids is 1. The van der Waals surface area contributed by atoms with Crippen molar-refractivity contribution in [2.75, 3.05) is 20.2 Å². The van der Waals surface area contributed by atoms with E-state index >= 15 is 0 Å². The number of likely N-dealkylation sites (tertiary alicyclic amines) is 1. The van der Waals surface area contributed by atoms with Gasteiger partial charge >= 0.3 is 0 Å². The molecule has 0 aromatic carbocycles. The lowest BCUT2D eigenvalue weighted by Gasteiger charge is -2.25. The maximum atomic E-state index is 11.9. The second kappa shape index (κ2) is 7.84. The molecule has 1 atom stereocenters. The molecule has 2 aliphatic rings. The second-order valence-electron chi connectivity index (χ2n) is 5.31. The standard InChI is InChI=1S/C17H23NO3/c1-21-16-13-14(9-10-15(16)19)7-3-4-8-17(20)18-11-5-2-6-12-18/h3-4,7-9,13,15,19H,2,5-6,10-12H2,1H3/b7-3-,8-4+. The summed E-state index contributed by atoms with van der Waals surface area (Å²) in [6.07, 6.45) is 14.3. The highest BCUT2D eigenvalue weighted by molar-refractivity contribution is 5.87. The molecule has 2 rings (SSSR count). The lowest BCUT2D eigenvalue weighted by atomic mass is 10.0. The summed E-state index contributed by atoms with van der Waals surface area (Å²) in [6, 6.07) is 0. The summed E-state index contributed by atoms with van der Waals surface area (Å²) in [7, 11) is 1.55. The molecule has 4 heteroatoms. The van der Waals surface area contributed by atoms with Crippen molar-refractivity contribution in [1.29, 1.82) is 0 Å². The van der Waals surface area contributed by atoms with Crippen molar-refractivity contribution in [3.8, 4) is 0 Å². The topological polar surface area (TPSA) is 49.8 Å².